The van der Waals surface area contributed by atoms with Crippen molar-refractivity contribution >= 4 is 17.7 Å². The number of carbonyl (C=O) groups excluding carboxylic acids is 1. The number of rotatable bonds is 3. The number of hydrogen-bond acceptors (Lipinski definition) is 4. The first-order valence-corrected chi connectivity index (χ1v) is 7.22. The molecule has 7 heteroatoms. The van der Waals surface area contributed by atoms with E-state index in [4.69, 9.17) is 4.74 Å². The molecular weight excluding hydrogens is 286 g/mol. The van der Waals surface area contributed by atoms with Crippen LogP contribution in [0.2, 0.25) is 0 Å². The van der Waals surface area contributed by atoms with Crippen LogP contribution in [0.1, 0.15) is 11.7 Å². The van der Waals surface area contributed by atoms with Gasteiger partial charge in [0, 0.05) is 11.4 Å². The minimum Gasteiger partial charge on any atom is -0.378 e. The number of nitrogens with one attached hydrogen (secondary N) is 1. The van der Waals surface area contributed by atoms with Crippen molar-refractivity contribution in [2.45, 2.75) is 22.9 Å². The zero-order chi connectivity index (χ0) is 14.1. The maximum absolute atomic E-state index is 12.3. The lowest BCUT2D eigenvalue weighted by Crippen LogP contribution is -2.44. The fourth-order valence-corrected chi connectivity index (χ4v) is 3.07. The van der Waals surface area contributed by atoms with Crippen LogP contribution in [-0.2, 0) is 9.53 Å². The molecule has 2 aliphatic rings. The first-order chi connectivity index (χ1) is 9.65. The Balaban J connectivity index is 1.77. The number of thioether (sulfide) groups is 1. The van der Waals surface area contributed by atoms with E-state index in [1.807, 2.05) is 0 Å². The number of nitrogens with zero attached hydrogens (tertiary/aromatic N) is 1. The number of halogens is 2. The highest BCUT2D eigenvalue weighted by Gasteiger charge is 2.42. The largest absolute Gasteiger partial charge is 0.378 e. The molecular formula is C13H14F2N2O2S. The molecule has 0 saturated carbocycles. The maximum Gasteiger partial charge on any atom is 0.288 e. The fraction of sp³-hybridized carbons (Fsp3) is 0.462. The van der Waals surface area contributed by atoms with E-state index < -0.39 is 5.76 Å². The lowest BCUT2D eigenvalue weighted by Gasteiger charge is -2.31. The number of benzene rings is 1. The Bertz CT molecular complexity index is 498. The molecule has 0 radical (unpaired) electrons. The third kappa shape index (κ3) is 2.65. The van der Waals surface area contributed by atoms with Crippen molar-refractivity contribution in [3.8, 4) is 0 Å². The summed E-state index contributed by atoms with van der Waals surface area (Å²) in [5.74, 6) is -2.46. The van der Waals surface area contributed by atoms with Crippen molar-refractivity contribution < 1.29 is 18.3 Å². The smallest absolute Gasteiger partial charge is 0.288 e. The minimum absolute atomic E-state index is 0.0410. The van der Waals surface area contributed by atoms with Crippen LogP contribution >= 0.6 is 11.8 Å². The van der Waals surface area contributed by atoms with Gasteiger partial charge < -0.3 is 10.1 Å². The van der Waals surface area contributed by atoms with E-state index in [2.05, 4.69) is 10.2 Å². The monoisotopic (exact) mass is 300 g/mol. The Kier molecular flexibility index (Phi) is 3.91. The number of alkyl halides is 2. The summed E-state index contributed by atoms with van der Waals surface area (Å²) in [6.45, 7) is 1.69. The summed E-state index contributed by atoms with van der Waals surface area (Å²) in [4.78, 5) is 14.4. The van der Waals surface area contributed by atoms with Gasteiger partial charge in [0.2, 0.25) is 5.91 Å². The summed E-state index contributed by atoms with van der Waals surface area (Å²) in [7, 11) is 0. The van der Waals surface area contributed by atoms with Gasteiger partial charge in [-0.3, -0.25) is 9.69 Å². The molecule has 0 bridgehead atoms. The van der Waals surface area contributed by atoms with Gasteiger partial charge in [-0.15, -0.1) is 0 Å². The molecule has 108 valence electrons. The third-order valence-corrected chi connectivity index (χ3v) is 4.23. The third-order valence-electron chi connectivity index (χ3n) is 3.50. The SMILES string of the molecule is O=C1NC(c2ccc(SC(F)F)cc2)N2CCOCC12. The van der Waals surface area contributed by atoms with Crippen molar-refractivity contribution in [2.75, 3.05) is 19.8 Å². The molecule has 2 fully saturated rings. The Morgan fingerprint density at radius 1 is 1.35 bits per heavy atom. The molecule has 1 amide bonds. The summed E-state index contributed by atoms with van der Waals surface area (Å²) < 4.78 is 29.9. The normalized spacial score (nSPS) is 26.6. The second-order valence-electron chi connectivity index (χ2n) is 4.69. The first-order valence-electron chi connectivity index (χ1n) is 6.34. The number of amides is 1. The molecule has 0 spiro atoms. The van der Waals surface area contributed by atoms with Crippen molar-refractivity contribution in [3.05, 3.63) is 29.8 Å². The molecule has 0 aromatic heterocycles. The van der Waals surface area contributed by atoms with Crippen LogP contribution < -0.4 is 5.32 Å². The summed E-state index contributed by atoms with van der Waals surface area (Å²) in [6, 6.07) is 6.64. The highest BCUT2D eigenvalue weighted by Crippen LogP contribution is 2.30. The zero-order valence-corrected chi connectivity index (χ0v) is 11.4. The quantitative estimate of drug-likeness (QED) is 0.865. The van der Waals surface area contributed by atoms with Crippen LogP contribution in [-0.4, -0.2) is 42.4 Å². The lowest BCUT2D eigenvalue weighted by atomic mass is 10.1. The van der Waals surface area contributed by atoms with Gasteiger partial charge in [-0.2, -0.15) is 8.78 Å². The van der Waals surface area contributed by atoms with Crippen LogP contribution in [0, 0.1) is 0 Å². The van der Waals surface area contributed by atoms with Crippen molar-refractivity contribution in [2.24, 2.45) is 0 Å². The van der Waals surface area contributed by atoms with E-state index in [-0.39, 0.29) is 18.1 Å². The maximum atomic E-state index is 12.3. The first kappa shape index (κ1) is 13.8. The van der Waals surface area contributed by atoms with E-state index in [0.717, 1.165) is 5.56 Å². The minimum atomic E-state index is -2.42. The number of hydrogen-bond donors (Lipinski definition) is 1. The number of fused-ring (bicyclic) bond motifs is 1. The summed E-state index contributed by atoms with van der Waals surface area (Å²) >= 11 is 0.519. The molecule has 2 heterocycles. The topological polar surface area (TPSA) is 41.6 Å². The number of morpholine rings is 1. The highest BCUT2D eigenvalue weighted by atomic mass is 32.2. The van der Waals surface area contributed by atoms with E-state index in [1.54, 1.807) is 24.3 Å². The Hall–Kier alpha value is -1.18. The van der Waals surface area contributed by atoms with Crippen LogP contribution in [0.25, 0.3) is 0 Å². The Morgan fingerprint density at radius 2 is 2.10 bits per heavy atom. The van der Waals surface area contributed by atoms with Gasteiger partial charge >= 0.3 is 0 Å². The molecule has 1 aromatic rings. The van der Waals surface area contributed by atoms with Gasteiger partial charge in [-0.05, 0) is 17.7 Å². The average molecular weight is 300 g/mol. The Labute approximate surface area is 119 Å². The molecule has 3 rings (SSSR count). The van der Waals surface area contributed by atoms with Gasteiger partial charge in [0.05, 0.1) is 13.2 Å². The van der Waals surface area contributed by atoms with Crippen LogP contribution in [0.3, 0.4) is 0 Å². The van der Waals surface area contributed by atoms with Crippen molar-refractivity contribution in [1.29, 1.82) is 0 Å². The van der Waals surface area contributed by atoms with Crippen LogP contribution in [0.5, 0.6) is 0 Å². The van der Waals surface area contributed by atoms with E-state index in [0.29, 0.717) is 36.4 Å². The van der Waals surface area contributed by atoms with Gasteiger partial charge in [0.1, 0.15) is 12.2 Å². The zero-order valence-electron chi connectivity index (χ0n) is 10.6. The predicted molar refractivity (Wildman–Crippen MR) is 70.5 cm³/mol. The molecule has 2 aliphatic heterocycles. The summed E-state index contributed by atoms with van der Waals surface area (Å²) in [5.41, 5.74) is 0.904. The molecule has 1 N–H and O–H groups in total. The van der Waals surface area contributed by atoms with Crippen LogP contribution in [0.4, 0.5) is 8.78 Å². The molecule has 4 nitrogen and oxygen atoms in total. The Morgan fingerprint density at radius 3 is 2.80 bits per heavy atom. The average Bonchev–Trinajstić information content (AvgIpc) is 2.77. The molecule has 2 atom stereocenters. The second-order valence-corrected chi connectivity index (χ2v) is 5.75. The molecule has 0 aliphatic carbocycles. The number of carbonyl (C=O) groups is 1. The van der Waals surface area contributed by atoms with Crippen molar-refractivity contribution in [3.63, 3.8) is 0 Å². The van der Waals surface area contributed by atoms with Gasteiger partial charge in [0.15, 0.2) is 0 Å². The fourth-order valence-electron chi connectivity index (χ4n) is 2.57. The molecule has 2 saturated heterocycles. The molecule has 1 aromatic carbocycles. The summed E-state index contributed by atoms with van der Waals surface area (Å²) in [5, 5.41) is 2.92. The van der Waals surface area contributed by atoms with E-state index in [1.165, 1.54) is 0 Å². The van der Waals surface area contributed by atoms with E-state index >= 15 is 0 Å². The van der Waals surface area contributed by atoms with Crippen LogP contribution in [0.15, 0.2) is 29.2 Å². The molecule has 2 unspecified atom stereocenters. The van der Waals surface area contributed by atoms with Crippen molar-refractivity contribution in [1.82, 2.24) is 10.2 Å². The second kappa shape index (κ2) is 5.67. The lowest BCUT2D eigenvalue weighted by molar-refractivity contribution is -0.125. The van der Waals surface area contributed by atoms with Gasteiger partial charge in [-0.25, -0.2) is 0 Å². The molecule has 20 heavy (non-hydrogen) atoms. The van der Waals surface area contributed by atoms with E-state index in [9.17, 15) is 13.6 Å². The standard InChI is InChI=1S/C13H14F2N2O2S/c14-13(15)20-9-3-1-8(2-4-9)11-16-12(18)10-7-19-6-5-17(10)11/h1-4,10-11,13H,5-7H2,(H,16,18). The number of ether oxygens (including phenoxy) is 1. The predicted octanol–water partition coefficient (Wildman–Crippen LogP) is 1.83. The summed E-state index contributed by atoms with van der Waals surface area (Å²) in [6.07, 6.45) is -0.193. The van der Waals surface area contributed by atoms with Gasteiger partial charge in [0.25, 0.3) is 5.76 Å². The highest BCUT2D eigenvalue weighted by molar-refractivity contribution is 7.99. The van der Waals surface area contributed by atoms with Gasteiger partial charge in [-0.1, -0.05) is 23.9 Å².